The SMILES string of the molecule is Cc1ccccc1CC(=O)N1CCN(C(C)c2cccc(F)c2)CC1. The summed E-state index contributed by atoms with van der Waals surface area (Å²) < 4.78 is 13.4. The van der Waals surface area contributed by atoms with Crippen molar-refractivity contribution < 1.29 is 9.18 Å². The first-order valence-electron chi connectivity index (χ1n) is 8.86. The van der Waals surface area contributed by atoms with E-state index in [2.05, 4.69) is 11.8 Å². The highest BCUT2D eigenvalue weighted by Crippen LogP contribution is 2.22. The molecule has 2 aromatic rings. The number of hydrogen-bond acceptors (Lipinski definition) is 2. The lowest BCUT2D eigenvalue weighted by atomic mass is 10.0. The molecule has 1 atom stereocenters. The largest absolute Gasteiger partial charge is 0.340 e. The molecule has 1 fully saturated rings. The Morgan fingerprint density at radius 3 is 2.48 bits per heavy atom. The summed E-state index contributed by atoms with van der Waals surface area (Å²) in [4.78, 5) is 16.8. The Morgan fingerprint density at radius 2 is 1.80 bits per heavy atom. The molecule has 0 N–H and O–H groups in total. The van der Waals surface area contributed by atoms with E-state index in [9.17, 15) is 9.18 Å². The molecular formula is C21H25FN2O. The minimum absolute atomic E-state index is 0.157. The Balaban J connectivity index is 1.56. The van der Waals surface area contributed by atoms with E-state index in [4.69, 9.17) is 0 Å². The molecule has 3 rings (SSSR count). The van der Waals surface area contributed by atoms with Gasteiger partial charge in [0.2, 0.25) is 5.91 Å². The molecule has 1 aliphatic rings. The molecule has 1 heterocycles. The first-order valence-corrected chi connectivity index (χ1v) is 8.86. The molecule has 0 aliphatic carbocycles. The van der Waals surface area contributed by atoms with E-state index in [1.54, 1.807) is 12.1 Å². The molecule has 0 radical (unpaired) electrons. The van der Waals surface area contributed by atoms with E-state index in [-0.39, 0.29) is 17.8 Å². The molecule has 1 amide bonds. The Morgan fingerprint density at radius 1 is 1.08 bits per heavy atom. The van der Waals surface area contributed by atoms with Crippen molar-refractivity contribution in [2.24, 2.45) is 0 Å². The van der Waals surface area contributed by atoms with Gasteiger partial charge in [-0.05, 0) is 42.7 Å². The number of benzene rings is 2. The maximum absolute atomic E-state index is 13.4. The van der Waals surface area contributed by atoms with Gasteiger partial charge in [-0.1, -0.05) is 36.4 Å². The molecule has 1 saturated heterocycles. The Labute approximate surface area is 149 Å². The van der Waals surface area contributed by atoms with Crippen LogP contribution in [0.1, 0.15) is 29.7 Å². The number of hydrogen-bond donors (Lipinski definition) is 0. The molecule has 2 aromatic carbocycles. The summed E-state index contributed by atoms with van der Waals surface area (Å²) in [5.41, 5.74) is 3.25. The van der Waals surface area contributed by atoms with Crippen LogP contribution in [-0.2, 0) is 11.2 Å². The molecule has 132 valence electrons. The smallest absolute Gasteiger partial charge is 0.227 e. The minimum atomic E-state index is -0.198. The molecule has 1 unspecified atom stereocenters. The standard InChI is InChI=1S/C21H25FN2O/c1-16-6-3-4-7-18(16)15-21(25)24-12-10-23(11-13-24)17(2)19-8-5-9-20(22)14-19/h3-9,14,17H,10-13,15H2,1-2H3. The summed E-state index contributed by atoms with van der Waals surface area (Å²) in [5, 5.41) is 0. The number of carbonyl (C=O) groups excluding carboxylic acids is 1. The van der Waals surface area contributed by atoms with Crippen molar-refractivity contribution in [2.45, 2.75) is 26.3 Å². The average molecular weight is 340 g/mol. The maximum atomic E-state index is 13.4. The average Bonchev–Trinajstić information content (AvgIpc) is 2.63. The lowest BCUT2D eigenvalue weighted by Gasteiger charge is -2.38. The zero-order valence-corrected chi connectivity index (χ0v) is 14.9. The van der Waals surface area contributed by atoms with Gasteiger partial charge in [-0.25, -0.2) is 4.39 Å². The summed E-state index contributed by atoms with van der Waals surface area (Å²) in [5.74, 6) is -0.0104. The first kappa shape index (κ1) is 17.6. The van der Waals surface area contributed by atoms with Crippen LogP contribution in [0.4, 0.5) is 4.39 Å². The van der Waals surface area contributed by atoms with Crippen LogP contribution < -0.4 is 0 Å². The van der Waals surface area contributed by atoms with Gasteiger partial charge >= 0.3 is 0 Å². The predicted octanol–water partition coefficient (Wildman–Crippen LogP) is 3.58. The Hall–Kier alpha value is -2.20. The number of amides is 1. The highest BCUT2D eigenvalue weighted by molar-refractivity contribution is 5.79. The van der Waals surface area contributed by atoms with Crippen molar-refractivity contribution in [1.82, 2.24) is 9.80 Å². The van der Waals surface area contributed by atoms with E-state index < -0.39 is 0 Å². The van der Waals surface area contributed by atoms with Crippen LogP contribution in [0.25, 0.3) is 0 Å². The van der Waals surface area contributed by atoms with E-state index in [0.29, 0.717) is 6.42 Å². The van der Waals surface area contributed by atoms with Gasteiger partial charge < -0.3 is 4.90 Å². The molecule has 0 bridgehead atoms. The Kier molecular flexibility index (Phi) is 5.49. The highest BCUT2D eigenvalue weighted by atomic mass is 19.1. The van der Waals surface area contributed by atoms with Gasteiger partial charge in [0.05, 0.1) is 6.42 Å². The second-order valence-electron chi connectivity index (χ2n) is 6.75. The number of piperazine rings is 1. The fraction of sp³-hybridized carbons (Fsp3) is 0.381. The zero-order chi connectivity index (χ0) is 17.8. The molecule has 25 heavy (non-hydrogen) atoms. The van der Waals surface area contributed by atoms with Gasteiger partial charge in [0.25, 0.3) is 0 Å². The van der Waals surface area contributed by atoms with Crippen LogP contribution in [0.2, 0.25) is 0 Å². The van der Waals surface area contributed by atoms with Gasteiger partial charge in [-0.2, -0.15) is 0 Å². The van der Waals surface area contributed by atoms with E-state index in [1.165, 1.54) is 6.07 Å². The van der Waals surface area contributed by atoms with Gasteiger partial charge in [0, 0.05) is 32.2 Å². The molecular weight excluding hydrogens is 315 g/mol. The molecule has 3 nitrogen and oxygen atoms in total. The molecule has 4 heteroatoms. The molecule has 0 spiro atoms. The highest BCUT2D eigenvalue weighted by Gasteiger charge is 2.25. The van der Waals surface area contributed by atoms with Gasteiger partial charge in [0.1, 0.15) is 5.82 Å². The van der Waals surface area contributed by atoms with Crippen LogP contribution in [0.15, 0.2) is 48.5 Å². The number of nitrogens with zero attached hydrogens (tertiary/aromatic N) is 2. The number of aryl methyl sites for hydroxylation is 1. The summed E-state index contributed by atoms with van der Waals surface area (Å²) in [6, 6.07) is 15.0. The second-order valence-corrected chi connectivity index (χ2v) is 6.75. The Bertz CT molecular complexity index is 738. The second kappa shape index (κ2) is 7.79. The zero-order valence-electron chi connectivity index (χ0n) is 14.9. The van der Waals surface area contributed by atoms with Crippen molar-refractivity contribution >= 4 is 5.91 Å². The number of halogens is 1. The summed E-state index contributed by atoms with van der Waals surface area (Å²) in [6.07, 6.45) is 0.464. The quantitative estimate of drug-likeness (QED) is 0.849. The third-order valence-electron chi connectivity index (χ3n) is 5.15. The molecule has 1 aliphatic heterocycles. The predicted molar refractivity (Wildman–Crippen MR) is 97.9 cm³/mol. The number of carbonyl (C=O) groups is 1. The van der Waals surface area contributed by atoms with E-state index in [1.807, 2.05) is 42.2 Å². The maximum Gasteiger partial charge on any atom is 0.227 e. The van der Waals surface area contributed by atoms with Crippen molar-refractivity contribution in [2.75, 3.05) is 26.2 Å². The summed E-state index contributed by atoms with van der Waals surface area (Å²) in [6.45, 7) is 7.23. The molecule has 0 aromatic heterocycles. The van der Waals surface area contributed by atoms with Gasteiger partial charge in [-0.15, -0.1) is 0 Å². The lowest BCUT2D eigenvalue weighted by Crippen LogP contribution is -2.49. The first-order chi connectivity index (χ1) is 12.0. The number of rotatable bonds is 4. The van der Waals surface area contributed by atoms with Crippen LogP contribution >= 0.6 is 0 Å². The van der Waals surface area contributed by atoms with Gasteiger partial charge in [-0.3, -0.25) is 9.69 Å². The monoisotopic (exact) mass is 340 g/mol. The van der Waals surface area contributed by atoms with Crippen molar-refractivity contribution in [3.63, 3.8) is 0 Å². The summed E-state index contributed by atoms with van der Waals surface area (Å²) in [7, 11) is 0. The van der Waals surface area contributed by atoms with Crippen LogP contribution in [-0.4, -0.2) is 41.9 Å². The normalized spacial score (nSPS) is 16.7. The fourth-order valence-corrected chi connectivity index (χ4v) is 3.42. The molecule has 0 saturated carbocycles. The van der Waals surface area contributed by atoms with Gasteiger partial charge in [0.15, 0.2) is 0 Å². The van der Waals surface area contributed by atoms with Crippen LogP contribution in [0.3, 0.4) is 0 Å². The van der Waals surface area contributed by atoms with Crippen LogP contribution in [0.5, 0.6) is 0 Å². The van der Waals surface area contributed by atoms with E-state index >= 15 is 0 Å². The topological polar surface area (TPSA) is 23.6 Å². The van der Waals surface area contributed by atoms with Crippen LogP contribution in [0, 0.1) is 12.7 Å². The van der Waals surface area contributed by atoms with Crippen molar-refractivity contribution in [3.8, 4) is 0 Å². The summed E-state index contributed by atoms with van der Waals surface area (Å²) >= 11 is 0. The van der Waals surface area contributed by atoms with Crippen molar-refractivity contribution in [1.29, 1.82) is 0 Å². The fourth-order valence-electron chi connectivity index (χ4n) is 3.42. The minimum Gasteiger partial charge on any atom is -0.340 e. The lowest BCUT2D eigenvalue weighted by molar-refractivity contribution is -0.132. The van der Waals surface area contributed by atoms with E-state index in [0.717, 1.165) is 42.9 Å². The van der Waals surface area contributed by atoms with Crippen molar-refractivity contribution in [3.05, 3.63) is 71.0 Å². The third kappa shape index (κ3) is 4.26. The third-order valence-corrected chi connectivity index (χ3v) is 5.15.